The largest absolute Gasteiger partial charge is 0.481 e. The SMILES string of the molecule is COc1ccc(-n2nc(C(C)(C)c3cccc(-c4ccccc4)n3)c3ccccc32)c(OC)n1. The van der Waals surface area contributed by atoms with Gasteiger partial charge in [0.2, 0.25) is 11.8 Å². The van der Waals surface area contributed by atoms with E-state index in [-0.39, 0.29) is 0 Å². The van der Waals surface area contributed by atoms with E-state index in [1.807, 2.05) is 53.2 Å². The number of pyridine rings is 2. The molecule has 0 N–H and O–H groups in total. The second-order valence-corrected chi connectivity index (χ2v) is 8.56. The van der Waals surface area contributed by atoms with Crippen LogP contribution in [0.2, 0.25) is 0 Å². The topological polar surface area (TPSA) is 62.1 Å². The molecular weight excluding hydrogens is 424 g/mol. The summed E-state index contributed by atoms with van der Waals surface area (Å²) in [5.74, 6) is 0.931. The van der Waals surface area contributed by atoms with E-state index in [2.05, 4.69) is 55.2 Å². The van der Waals surface area contributed by atoms with Gasteiger partial charge in [0.05, 0.1) is 42.2 Å². The van der Waals surface area contributed by atoms with Crippen molar-refractivity contribution in [1.82, 2.24) is 19.7 Å². The number of aromatic nitrogens is 4. The van der Waals surface area contributed by atoms with E-state index in [4.69, 9.17) is 19.6 Å². The molecule has 3 aromatic heterocycles. The minimum absolute atomic E-state index is 0.446. The number of hydrogen-bond donors (Lipinski definition) is 0. The van der Waals surface area contributed by atoms with Crippen molar-refractivity contribution in [3.8, 4) is 28.7 Å². The fourth-order valence-corrected chi connectivity index (χ4v) is 4.23. The number of ether oxygens (including phenoxy) is 2. The highest BCUT2D eigenvalue weighted by molar-refractivity contribution is 5.85. The first-order chi connectivity index (χ1) is 16.5. The number of hydrogen-bond acceptors (Lipinski definition) is 5. The molecule has 3 heterocycles. The summed E-state index contributed by atoms with van der Waals surface area (Å²) in [6.45, 7) is 4.32. The molecule has 0 spiro atoms. The van der Waals surface area contributed by atoms with Crippen LogP contribution in [0.5, 0.6) is 11.8 Å². The third kappa shape index (κ3) is 3.67. The summed E-state index contributed by atoms with van der Waals surface area (Å²) in [4.78, 5) is 9.48. The average molecular weight is 451 g/mol. The molecule has 0 saturated heterocycles. The maximum Gasteiger partial charge on any atom is 0.243 e. The van der Waals surface area contributed by atoms with Gasteiger partial charge in [0.1, 0.15) is 5.69 Å². The summed E-state index contributed by atoms with van der Waals surface area (Å²) in [5, 5.41) is 6.14. The lowest BCUT2D eigenvalue weighted by Crippen LogP contribution is -2.22. The van der Waals surface area contributed by atoms with Gasteiger partial charge in [0.15, 0.2) is 0 Å². The van der Waals surface area contributed by atoms with Gasteiger partial charge in [-0.3, -0.25) is 4.98 Å². The lowest BCUT2D eigenvalue weighted by molar-refractivity contribution is 0.363. The van der Waals surface area contributed by atoms with Crippen LogP contribution in [0.4, 0.5) is 0 Å². The minimum Gasteiger partial charge on any atom is -0.481 e. The zero-order chi connectivity index (χ0) is 23.7. The number of fused-ring (bicyclic) bond motifs is 1. The first-order valence-corrected chi connectivity index (χ1v) is 11.1. The predicted molar refractivity (Wildman–Crippen MR) is 134 cm³/mol. The average Bonchev–Trinajstić information content (AvgIpc) is 3.29. The monoisotopic (exact) mass is 450 g/mol. The normalized spacial score (nSPS) is 11.5. The zero-order valence-electron chi connectivity index (χ0n) is 19.7. The van der Waals surface area contributed by atoms with E-state index in [0.29, 0.717) is 11.8 Å². The lowest BCUT2D eigenvalue weighted by atomic mass is 9.83. The van der Waals surface area contributed by atoms with Crippen LogP contribution in [0.25, 0.3) is 27.8 Å². The van der Waals surface area contributed by atoms with Crippen LogP contribution in [0.15, 0.2) is 84.9 Å². The maximum absolute atomic E-state index is 5.57. The molecule has 2 aromatic carbocycles. The molecule has 6 heteroatoms. The van der Waals surface area contributed by atoms with E-state index < -0.39 is 5.41 Å². The lowest BCUT2D eigenvalue weighted by Gasteiger charge is -2.23. The van der Waals surface area contributed by atoms with Gasteiger partial charge in [-0.1, -0.05) is 54.6 Å². The second-order valence-electron chi connectivity index (χ2n) is 8.56. The standard InChI is InChI=1S/C28H26N4O2/c1-28(2,24-16-10-14-21(29-24)19-11-6-5-7-12-19)26-20-13-8-9-15-22(20)32(31-26)23-17-18-25(33-3)30-27(23)34-4/h5-18H,1-4H3. The first-order valence-electron chi connectivity index (χ1n) is 11.1. The van der Waals surface area contributed by atoms with Crippen LogP contribution in [0.3, 0.4) is 0 Å². The molecule has 0 aliphatic heterocycles. The maximum atomic E-state index is 5.57. The van der Waals surface area contributed by atoms with Gasteiger partial charge < -0.3 is 9.47 Å². The Hall–Kier alpha value is -4.19. The van der Waals surface area contributed by atoms with E-state index in [1.165, 1.54) is 0 Å². The summed E-state index contributed by atoms with van der Waals surface area (Å²) in [5.41, 5.74) is 5.16. The molecule has 34 heavy (non-hydrogen) atoms. The number of benzene rings is 2. The molecule has 0 bridgehead atoms. The summed E-state index contributed by atoms with van der Waals surface area (Å²) >= 11 is 0. The van der Waals surface area contributed by atoms with Gasteiger partial charge in [-0.2, -0.15) is 10.1 Å². The minimum atomic E-state index is -0.456. The Morgan fingerprint density at radius 3 is 2.26 bits per heavy atom. The Kier molecular flexibility index (Phi) is 5.49. The second kappa shape index (κ2) is 8.63. The molecule has 0 unspecified atom stereocenters. The number of methoxy groups -OCH3 is 2. The number of para-hydroxylation sites is 1. The van der Waals surface area contributed by atoms with E-state index in [1.54, 1.807) is 14.2 Å². The Morgan fingerprint density at radius 1 is 0.735 bits per heavy atom. The Labute approximate surface area is 198 Å². The van der Waals surface area contributed by atoms with Crippen molar-refractivity contribution in [1.29, 1.82) is 0 Å². The fourth-order valence-electron chi connectivity index (χ4n) is 4.23. The molecule has 0 aliphatic carbocycles. The molecule has 170 valence electrons. The van der Waals surface area contributed by atoms with Crippen molar-refractivity contribution in [2.45, 2.75) is 19.3 Å². The summed E-state index contributed by atoms with van der Waals surface area (Å²) < 4.78 is 12.7. The van der Waals surface area contributed by atoms with Crippen molar-refractivity contribution in [3.05, 3.63) is 96.3 Å². The van der Waals surface area contributed by atoms with Crippen LogP contribution in [0, 0.1) is 0 Å². The molecule has 5 aromatic rings. The molecule has 0 fully saturated rings. The van der Waals surface area contributed by atoms with Gasteiger partial charge in [-0.15, -0.1) is 0 Å². The van der Waals surface area contributed by atoms with Crippen LogP contribution in [-0.2, 0) is 5.41 Å². The van der Waals surface area contributed by atoms with Gasteiger partial charge in [0.25, 0.3) is 0 Å². The molecule has 0 radical (unpaired) electrons. The van der Waals surface area contributed by atoms with E-state index in [0.717, 1.165) is 39.2 Å². The van der Waals surface area contributed by atoms with E-state index in [9.17, 15) is 0 Å². The quantitative estimate of drug-likeness (QED) is 0.326. The molecule has 6 nitrogen and oxygen atoms in total. The smallest absolute Gasteiger partial charge is 0.243 e. The van der Waals surface area contributed by atoms with Crippen LogP contribution >= 0.6 is 0 Å². The van der Waals surface area contributed by atoms with E-state index >= 15 is 0 Å². The molecule has 0 amide bonds. The molecule has 0 saturated carbocycles. The van der Waals surface area contributed by atoms with Crippen molar-refractivity contribution >= 4 is 10.9 Å². The first kappa shape index (κ1) is 21.6. The number of nitrogens with zero attached hydrogens (tertiary/aromatic N) is 4. The van der Waals surface area contributed by atoms with Crippen molar-refractivity contribution in [3.63, 3.8) is 0 Å². The van der Waals surface area contributed by atoms with Crippen molar-refractivity contribution < 1.29 is 9.47 Å². The van der Waals surface area contributed by atoms with Crippen LogP contribution in [-0.4, -0.2) is 34.0 Å². The summed E-state index contributed by atoms with van der Waals surface area (Å²) in [7, 11) is 3.18. The molecular formula is C28H26N4O2. The van der Waals surface area contributed by atoms with Gasteiger partial charge in [-0.05, 0) is 38.1 Å². The van der Waals surface area contributed by atoms with Gasteiger partial charge in [-0.25, -0.2) is 4.68 Å². The fraction of sp³-hybridized carbons (Fsp3) is 0.179. The van der Waals surface area contributed by atoms with Gasteiger partial charge in [0, 0.05) is 17.0 Å². The molecule has 5 rings (SSSR count). The third-order valence-corrected chi connectivity index (χ3v) is 6.08. The highest BCUT2D eigenvalue weighted by Crippen LogP contribution is 2.37. The Balaban J connectivity index is 1.67. The zero-order valence-corrected chi connectivity index (χ0v) is 19.7. The van der Waals surface area contributed by atoms with Crippen LogP contribution < -0.4 is 9.47 Å². The Bertz CT molecular complexity index is 1460. The molecule has 0 atom stereocenters. The van der Waals surface area contributed by atoms with Crippen molar-refractivity contribution in [2.75, 3.05) is 14.2 Å². The summed E-state index contributed by atoms with van der Waals surface area (Å²) in [6, 6.07) is 28.3. The van der Waals surface area contributed by atoms with Crippen molar-refractivity contribution in [2.24, 2.45) is 0 Å². The third-order valence-electron chi connectivity index (χ3n) is 6.08. The highest BCUT2D eigenvalue weighted by Gasteiger charge is 2.31. The molecule has 0 aliphatic rings. The summed E-state index contributed by atoms with van der Waals surface area (Å²) in [6.07, 6.45) is 0. The predicted octanol–water partition coefficient (Wildman–Crippen LogP) is 5.83. The Morgan fingerprint density at radius 2 is 1.50 bits per heavy atom. The van der Waals surface area contributed by atoms with Gasteiger partial charge >= 0.3 is 0 Å². The highest BCUT2D eigenvalue weighted by atomic mass is 16.5. The van der Waals surface area contributed by atoms with Crippen LogP contribution in [0.1, 0.15) is 25.2 Å². The number of rotatable bonds is 6.